The van der Waals surface area contributed by atoms with E-state index in [-0.39, 0.29) is 24.4 Å². The van der Waals surface area contributed by atoms with E-state index in [1.807, 2.05) is 12.1 Å². The molecule has 0 aromatic heterocycles. The van der Waals surface area contributed by atoms with Crippen LogP contribution in [0.2, 0.25) is 0 Å². The molecule has 1 aromatic rings. The third-order valence-corrected chi connectivity index (χ3v) is 4.91. The Kier molecular flexibility index (Phi) is 2.98. The summed E-state index contributed by atoms with van der Waals surface area (Å²) >= 11 is 0. The fourth-order valence-electron chi connectivity index (χ4n) is 3.64. The molecule has 1 heterocycles. The molecule has 1 atom stereocenters. The first-order valence-corrected chi connectivity index (χ1v) is 7.95. The Labute approximate surface area is 124 Å². The van der Waals surface area contributed by atoms with Gasteiger partial charge in [0.1, 0.15) is 12.6 Å². The van der Waals surface area contributed by atoms with E-state index in [4.69, 9.17) is 0 Å². The average Bonchev–Trinajstić information content (AvgIpc) is 3.33. The van der Waals surface area contributed by atoms with Gasteiger partial charge in [0.2, 0.25) is 11.8 Å². The van der Waals surface area contributed by atoms with Gasteiger partial charge in [0.05, 0.1) is 0 Å². The molecule has 1 aliphatic heterocycles. The largest absolute Gasteiger partial charge is 0.342 e. The van der Waals surface area contributed by atoms with Crippen molar-refractivity contribution in [2.45, 2.75) is 44.6 Å². The van der Waals surface area contributed by atoms with Crippen LogP contribution in [0, 0.1) is 5.92 Å². The number of carbonyl (C=O) groups is 2. The van der Waals surface area contributed by atoms with Crippen LogP contribution in [-0.4, -0.2) is 24.4 Å². The van der Waals surface area contributed by atoms with Gasteiger partial charge >= 0.3 is 0 Å². The summed E-state index contributed by atoms with van der Waals surface area (Å²) < 4.78 is 0. The van der Waals surface area contributed by atoms with E-state index in [0.29, 0.717) is 5.92 Å². The minimum absolute atomic E-state index is 0.0279. The second kappa shape index (κ2) is 4.86. The number of anilines is 1. The third kappa shape index (κ3) is 2.23. The predicted octanol–water partition coefficient (Wildman–Crippen LogP) is 1.81. The molecule has 4 heteroatoms. The molecule has 21 heavy (non-hydrogen) atoms. The number of aryl methyl sites for hydroxylation is 1. The smallest absolute Gasteiger partial charge is 0.250 e. The SMILES string of the molecule is O=C1CN(c2cccc3c2CCCC3)C(=O)C(C2CC2)N1. The molecule has 2 fully saturated rings. The summed E-state index contributed by atoms with van der Waals surface area (Å²) in [7, 11) is 0. The van der Waals surface area contributed by atoms with Gasteiger partial charge in [-0.25, -0.2) is 0 Å². The average molecular weight is 284 g/mol. The number of amides is 2. The van der Waals surface area contributed by atoms with Crippen molar-refractivity contribution in [3.8, 4) is 0 Å². The van der Waals surface area contributed by atoms with Crippen LogP contribution in [0.4, 0.5) is 5.69 Å². The lowest BCUT2D eigenvalue weighted by Gasteiger charge is -2.35. The molecule has 3 aliphatic rings. The Morgan fingerprint density at radius 2 is 1.90 bits per heavy atom. The quantitative estimate of drug-likeness (QED) is 0.900. The van der Waals surface area contributed by atoms with Crippen molar-refractivity contribution in [3.63, 3.8) is 0 Å². The van der Waals surface area contributed by atoms with Crippen LogP contribution < -0.4 is 10.2 Å². The molecule has 0 radical (unpaired) electrons. The molecule has 1 aromatic carbocycles. The van der Waals surface area contributed by atoms with Gasteiger partial charge in [-0.05, 0) is 61.6 Å². The van der Waals surface area contributed by atoms with Crippen molar-refractivity contribution in [1.29, 1.82) is 0 Å². The predicted molar refractivity (Wildman–Crippen MR) is 80.1 cm³/mol. The van der Waals surface area contributed by atoms with E-state index in [1.54, 1.807) is 4.90 Å². The number of carbonyl (C=O) groups excluding carboxylic acids is 2. The lowest BCUT2D eigenvalue weighted by Crippen LogP contribution is -2.59. The highest BCUT2D eigenvalue weighted by Crippen LogP contribution is 2.37. The second-order valence-corrected chi connectivity index (χ2v) is 6.43. The minimum atomic E-state index is -0.300. The van der Waals surface area contributed by atoms with Crippen molar-refractivity contribution >= 4 is 17.5 Å². The molecule has 4 nitrogen and oxygen atoms in total. The molecular weight excluding hydrogens is 264 g/mol. The Morgan fingerprint density at radius 1 is 1.10 bits per heavy atom. The number of nitrogens with one attached hydrogen (secondary N) is 1. The highest BCUT2D eigenvalue weighted by atomic mass is 16.2. The highest BCUT2D eigenvalue weighted by molar-refractivity contribution is 6.07. The summed E-state index contributed by atoms with van der Waals surface area (Å²) in [6.45, 7) is 0.165. The van der Waals surface area contributed by atoms with E-state index >= 15 is 0 Å². The van der Waals surface area contributed by atoms with Gasteiger partial charge in [0.25, 0.3) is 0 Å². The zero-order valence-electron chi connectivity index (χ0n) is 12.1. The van der Waals surface area contributed by atoms with Crippen LogP contribution in [0.3, 0.4) is 0 Å². The Balaban J connectivity index is 1.71. The lowest BCUT2D eigenvalue weighted by atomic mass is 9.89. The second-order valence-electron chi connectivity index (χ2n) is 6.43. The summed E-state index contributed by atoms with van der Waals surface area (Å²) in [5, 5.41) is 2.88. The molecule has 0 spiro atoms. The topological polar surface area (TPSA) is 49.4 Å². The van der Waals surface area contributed by atoms with Gasteiger partial charge < -0.3 is 10.2 Å². The maximum atomic E-state index is 12.7. The van der Waals surface area contributed by atoms with E-state index in [0.717, 1.165) is 31.4 Å². The maximum Gasteiger partial charge on any atom is 0.250 e. The van der Waals surface area contributed by atoms with Gasteiger partial charge in [-0.15, -0.1) is 0 Å². The Bertz CT molecular complexity index is 607. The lowest BCUT2D eigenvalue weighted by molar-refractivity contribution is -0.131. The van der Waals surface area contributed by atoms with Crippen molar-refractivity contribution in [1.82, 2.24) is 5.32 Å². The molecule has 1 N–H and O–H groups in total. The number of hydrogen-bond acceptors (Lipinski definition) is 2. The molecule has 1 unspecified atom stereocenters. The molecule has 2 aliphatic carbocycles. The van der Waals surface area contributed by atoms with Crippen LogP contribution in [0.5, 0.6) is 0 Å². The van der Waals surface area contributed by atoms with E-state index in [1.165, 1.54) is 24.0 Å². The standard InChI is InChI=1S/C17H20N2O2/c20-15-10-19(17(21)16(18-15)12-8-9-12)14-7-3-5-11-4-1-2-6-13(11)14/h3,5,7,12,16H,1-2,4,6,8-10H2,(H,18,20). The molecule has 1 saturated heterocycles. The summed E-state index contributed by atoms with van der Waals surface area (Å²) in [4.78, 5) is 26.5. The summed E-state index contributed by atoms with van der Waals surface area (Å²) in [5.41, 5.74) is 3.60. The van der Waals surface area contributed by atoms with E-state index in [2.05, 4.69) is 11.4 Å². The number of hydrogen-bond donors (Lipinski definition) is 1. The normalized spacial score (nSPS) is 25.5. The highest BCUT2D eigenvalue weighted by Gasteiger charge is 2.43. The number of fused-ring (bicyclic) bond motifs is 1. The molecule has 4 rings (SSSR count). The first-order chi connectivity index (χ1) is 10.2. The minimum Gasteiger partial charge on any atom is -0.342 e. The molecule has 2 amide bonds. The fourth-order valence-corrected chi connectivity index (χ4v) is 3.64. The Hall–Kier alpha value is -1.84. The first-order valence-electron chi connectivity index (χ1n) is 7.95. The maximum absolute atomic E-state index is 12.7. The summed E-state index contributed by atoms with van der Waals surface area (Å²) in [6.07, 6.45) is 6.60. The molecular formula is C17H20N2O2. The Morgan fingerprint density at radius 3 is 2.71 bits per heavy atom. The summed E-state index contributed by atoms with van der Waals surface area (Å²) in [6, 6.07) is 5.88. The van der Waals surface area contributed by atoms with Gasteiger partial charge in [-0.2, -0.15) is 0 Å². The van der Waals surface area contributed by atoms with Crippen LogP contribution >= 0.6 is 0 Å². The molecule has 0 bridgehead atoms. The molecule has 110 valence electrons. The number of rotatable bonds is 2. The third-order valence-electron chi connectivity index (χ3n) is 4.91. The number of benzene rings is 1. The van der Waals surface area contributed by atoms with E-state index < -0.39 is 0 Å². The monoisotopic (exact) mass is 284 g/mol. The number of piperazine rings is 1. The van der Waals surface area contributed by atoms with Crippen LogP contribution in [0.1, 0.15) is 36.8 Å². The van der Waals surface area contributed by atoms with Gasteiger partial charge in [-0.1, -0.05) is 12.1 Å². The van der Waals surface area contributed by atoms with Gasteiger partial charge in [0.15, 0.2) is 0 Å². The summed E-state index contributed by atoms with van der Waals surface area (Å²) in [5.74, 6) is 0.403. The van der Waals surface area contributed by atoms with Crippen LogP contribution in [0.15, 0.2) is 18.2 Å². The zero-order valence-corrected chi connectivity index (χ0v) is 12.1. The molecule has 1 saturated carbocycles. The van der Waals surface area contributed by atoms with Crippen molar-refractivity contribution in [2.75, 3.05) is 11.4 Å². The van der Waals surface area contributed by atoms with Crippen molar-refractivity contribution in [2.24, 2.45) is 5.92 Å². The first kappa shape index (κ1) is 12.9. The van der Waals surface area contributed by atoms with Crippen LogP contribution in [-0.2, 0) is 22.4 Å². The van der Waals surface area contributed by atoms with Crippen molar-refractivity contribution < 1.29 is 9.59 Å². The zero-order chi connectivity index (χ0) is 14.4. The van der Waals surface area contributed by atoms with E-state index in [9.17, 15) is 9.59 Å². The van der Waals surface area contributed by atoms with Gasteiger partial charge in [0, 0.05) is 5.69 Å². The number of nitrogens with zero attached hydrogens (tertiary/aromatic N) is 1. The van der Waals surface area contributed by atoms with Crippen molar-refractivity contribution in [3.05, 3.63) is 29.3 Å². The fraction of sp³-hybridized carbons (Fsp3) is 0.529. The van der Waals surface area contributed by atoms with Crippen LogP contribution in [0.25, 0.3) is 0 Å². The van der Waals surface area contributed by atoms with Gasteiger partial charge in [-0.3, -0.25) is 9.59 Å².